The normalized spacial score (nSPS) is 15.3. The van der Waals surface area contributed by atoms with Crippen LogP contribution in [0.5, 0.6) is 0 Å². The molecule has 0 spiro atoms. The van der Waals surface area contributed by atoms with Gasteiger partial charge in [0.25, 0.3) is 0 Å². The first-order chi connectivity index (χ1) is 12.3. The Kier molecular flexibility index (Phi) is 8.15. The average molecular weight is 374 g/mol. The molecule has 0 aromatic heterocycles. The Labute approximate surface area is 164 Å². The maximum Gasteiger partial charge on any atom is 0.120 e. The quantitative estimate of drug-likeness (QED) is 0.588. The molecule has 1 aliphatic rings. The molecule has 0 heterocycles. The van der Waals surface area contributed by atoms with Crippen LogP contribution < -0.4 is 5.32 Å². The van der Waals surface area contributed by atoms with E-state index >= 15 is 0 Å². The zero-order chi connectivity index (χ0) is 17.5. The van der Waals surface area contributed by atoms with Gasteiger partial charge in [-0.1, -0.05) is 80.4 Å². The number of hydrogen-bond acceptors (Lipinski definition) is 2. The fourth-order valence-electron chi connectivity index (χ4n) is 3.73. The van der Waals surface area contributed by atoms with Gasteiger partial charge < -0.3 is 10.1 Å². The minimum absolute atomic E-state index is 0. The van der Waals surface area contributed by atoms with E-state index < -0.39 is 0 Å². The lowest BCUT2D eigenvalue weighted by Gasteiger charge is -2.38. The van der Waals surface area contributed by atoms with Crippen molar-refractivity contribution in [2.24, 2.45) is 5.92 Å². The van der Waals surface area contributed by atoms with Gasteiger partial charge in [0, 0.05) is 19.1 Å². The molecule has 1 atom stereocenters. The molecule has 1 saturated carbocycles. The van der Waals surface area contributed by atoms with Gasteiger partial charge in [-0.05, 0) is 36.9 Å². The number of nitrogens with one attached hydrogen (secondary N) is 1. The lowest BCUT2D eigenvalue weighted by Crippen LogP contribution is -2.40. The van der Waals surface area contributed by atoms with E-state index in [0.29, 0.717) is 6.04 Å². The Hall–Kier alpha value is -1.35. The van der Waals surface area contributed by atoms with E-state index in [1.54, 1.807) is 0 Å². The van der Waals surface area contributed by atoms with E-state index in [-0.39, 0.29) is 18.0 Å². The van der Waals surface area contributed by atoms with Crippen LogP contribution in [0.1, 0.15) is 50.2 Å². The zero-order valence-electron chi connectivity index (χ0n) is 16.0. The maximum absolute atomic E-state index is 6.65. The molecular formula is C23H32ClNO. The first kappa shape index (κ1) is 21.0. The van der Waals surface area contributed by atoms with E-state index in [9.17, 15) is 0 Å². The Morgan fingerprint density at radius 3 is 1.96 bits per heavy atom. The molecule has 3 heteroatoms. The van der Waals surface area contributed by atoms with Crippen LogP contribution in [0, 0.1) is 5.92 Å². The smallest absolute Gasteiger partial charge is 0.120 e. The third kappa shape index (κ3) is 5.09. The molecule has 2 aromatic rings. The number of rotatable bonds is 10. The van der Waals surface area contributed by atoms with E-state index in [2.05, 4.69) is 80.0 Å². The summed E-state index contributed by atoms with van der Waals surface area (Å²) in [6.07, 6.45) is 6.00. The lowest BCUT2D eigenvalue weighted by atomic mass is 9.80. The molecule has 142 valence electrons. The van der Waals surface area contributed by atoms with E-state index in [1.165, 1.54) is 30.4 Å². The predicted molar refractivity (Wildman–Crippen MR) is 112 cm³/mol. The molecular weight excluding hydrogens is 342 g/mol. The first-order valence-electron chi connectivity index (χ1n) is 9.70. The molecule has 2 nitrogen and oxygen atoms in total. The van der Waals surface area contributed by atoms with Crippen molar-refractivity contribution in [3.05, 3.63) is 71.8 Å². The highest BCUT2D eigenvalue weighted by Crippen LogP contribution is 2.41. The predicted octanol–water partition coefficient (Wildman–Crippen LogP) is 5.56. The first-order valence-corrected chi connectivity index (χ1v) is 9.70. The van der Waals surface area contributed by atoms with Crippen LogP contribution in [0.25, 0.3) is 0 Å². The van der Waals surface area contributed by atoms with Gasteiger partial charge in [-0.3, -0.25) is 0 Å². The van der Waals surface area contributed by atoms with Crippen LogP contribution in [0.4, 0.5) is 0 Å². The largest absolute Gasteiger partial charge is 0.365 e. The Morgan fingerprint density at radius 1 is 1.00 bits per heavy atom. The van der Waals surface area contributed by atoms with Crippen LogP contribution in [0.2, 0.25) is 0 Å². The van der Waals surface area contributed by atoms with Crippen molar-refractivity contribution in [1.29, 1.82) is 0 Å². The summed E-state index contributed by atoms with van der Waals surface area (Å²) in [4.78, 5) is 0. The molecule has 0 aliphatic heterocycles. The maximum atomic E-state index is 6.65. The number of halogens is 1. The molecule has 1 unspecified atom stereocenters. The van der Waals surface area contributed by atoms with Gasteiger partial charge >= 0.3 is 0 Å². The second-order valence-electron chi connectivity index (χ2n) is 7.28. The third-order valence-electron chi connectivity index (χ3n) is 5.29. The summed E-state index contributed by atoms with van der Waals surface area (Å²) < 4.78 is 6.65. The van der Waals surface area contributed by atoms with E-state index in [0.717, 1.165) is 25.4 Å². The molecule has 0 saturated heterocycles. The number of hydrogen-bond donors (Lipinski definition) is 1. The monoisotopic (exact) mass is 373 g/mol. The topological polar surface area (TPSA) is 21.3 Å². The SMILES string of the molecule is CCCOC(CC(CC1CC1)NC)(c1ccccc1)c1ccccc1.Cl. The van der Waals surface area contributed by atoms with E-state index in [1.807, 2.05) is 0 Å². The second kappa shape index (κ2) is 10.1. The highest BCUT2D eigenvalue weighted by molar-refractivity contribution is 5.85. The molecule has 0 bridgehead atoms. The van der Waals surface area contributed by atoms with E-state index in [4.69, 9.17) is 4.74 Å². The average Bonchev–Trinajstić information content (AvgIpc) is 3.50. The van der Waals surface area contributed by atoms with Gasteiger partial charge in [0.05, 0.1) is 0 Å². The van der Waals surface area contributed by atoms with Gasteiger partial charge in [-0.2, -0.15) is 0 Å². The van der Waals surface area contributed by atoms with Crippen molar-refractivity contribution in [3.8, 4) is 0 Å². The second-order valence-corrected chi connectivity index (χ2v) is 7.28. The number of ether oxygens (including phenoxy) is 1. The Balaban J connectivity index is 0.00000243. The lowest BCUT2D eigenvalue weighted by molar-refractivity contribution is -0.0317. The van der Waals surface area contributed by atoms with Crippen LogP contribution >= 0.6 is 12.4 Å². The summed E-state index contributed by atoms with van der Waals surface area (Å²) >= 11 is 0. The molecule has 26 heavy (non-hydrogen) atoms. The van der Waals surface area contributed by atoms with Crippen molar-refractivity contribution >= 4 is 12.4 Å². The van der Waals surface area contributed by atoms with Crippen molar-refractivity contribution in [2.45, 2.75) is 50.7 Å². The highest BCUT2D eigenvalue weighted by atomic mass is 35.5. The highest BCUT2D eigenvalue weighted by Gasteiger charge is 2.38. The van der Waals surface area contributed by atoms with Crippen LogP contribution in [0.15, 0.2) is 60.7 Å². The molecule has 0 amide bonds. The summed E-state index contributed by atoms with van der Waals surface area (Å²) in [5.74, 6) is 0.896. The molecule has 1 fully saturated rings. The number of benzene rings is 2. The Morgan fingerprint density at radius 2 is 1.54 bits per heavy atom. The standard InChI is InChI=1S/C23H31NO.ClH/c1-3-16-25-23(20-10-6-4-7-11-20,21-12-8-5-9-13-21)18-22(24-2)17-19-14-15-19;/h4-13,19,22,24H,3,14-18H2,1-2H3;1H. The van der Waals surface area contributed by atoms with Gasteiger partial charge in [-0.15, -0.1) is 12.4 Å². The van der Waals surface area contributed by atoms with Crippen molar-refractivity contribution in [1.82, 2.24) is 5.32 Å². The molecule has 1 N–H and O–H groups in total. The molecule has 1 aliphatic carbocycles. The molecule has 2 aromatic carbocycles. The van der Waals surface area contributed by atoms with Gasteiger partial charge in [-0.25, -0.2) is 0 Å². The van der Waals surface area contributed by atoms with Gasteiger partial charge in [0.2, 0.25) is 0 Å². The van der Waals surface area contributed by atoms with Crippen molar-refractivity contribution < 1.29 is 4.74 Å². The van der Waals surface area contributed by atoms with Gasteiger partial charge in [0.1, 0.15) is 5.60 Å². The van der Waals surface area contributed by atoms with Gasteiger partial charge in [0.15, 0.2) is 0 Å². The van der Waals surface area contributed by atoms with Crippen LogP contribution in [-0.2, 0) is 10.3 Å². The molecule has 3 rings (SSSR count). The molecule has 0 radical (unpaired) electrons. The van der Waals surface area contributed by atoms with Crippen molar-refractivity contribution in [3.63, 3.8) is 0 Å². The fourth-order valence-corrected chi connectivity index (χ4v) is 3.73. The summed E-state index contributed by atoms with van der Waals surface area (Å²) in [5.41, 5.74) is 2.12. The third-order valence-corrected chi connectivity index (χ3v) is 5.29. The zero-order valence-corrected chi connectivity index (χ0v) is 16.8. The summed E-state index contributed by atoms with van der Waals surface area (Å²) in [7, 11) is 2.09. The summed E-state index contributed by atoms with van der Waals surface area (Å²) in [6.45, 7) is 2.95. The minimum Gasteiger partial charge on any atom is -0.365 e. The van der Waals surface area contributed by atoms with Crippen molar-refractivity contribution in [2.75, 3.05) is 13.7 Å². The summed E-state index contributed by atoms with van der Waals surface area (Å²) in [6, 6.07) is 22.0. The Bertz CT molecular complexity index is 588. The fraction of sp³-hybridized carbons (Fsp3) is 0.478. The van der Waals surface area contributed by atoms with Crippen LogP contribution in [0.3, 0.4) is 0 Å². The van der Waals surface area contributed by atoms with Crippen LogP contribution in [-0.4, -0.2) is 19.7 Å². The summed E-state index contributed by atoms with van der Waals surface area (Å²) in [5, 5.41) is 3.56. The minimum atomic E-state index is -0.388.